The summed E-state index contributed by atoms with van der Waals surface area (Å²) in [5, 5.41) is 14.7. The van der Waals surface area contributed by atoms with E-state index in [0.717, 1.165) is 36.0 Å². The highest BCUT2D eigenvalue weighted by atomic mass is 32.2. The first-order chi connectivity index (χ1) is 16.2. The van der Waals surface area contributed by atoms with Crippen LogP contribution in [0.5, 0.6) is 11.5 Å². The van der Waals surface area contributed by atoms with E-state index in [9.17, 15) is 4.79 Å². The second-order valence-electron chi connectivity index (χ2n) is 8.00. The average molecular weight is 477 g/mol. The van der Waals surface area contributed by atoms with Crippen LogP contribution in [-0.2, 0) is 11.2 Å². The van der Waals surface area contributed by atoms with Crippen LogP contribution >= 0.6 is 23.1 Å². The Labute approximate surface area is 201 Å². The smallest absolute Gasteiger partial charge is 0.234 e. The normalized spacial score (nSPS) is 13.1. The first-order valence-electron chi connectivity index (χ1n) is 10.9. The molecule has 0 spiro atoms. The molecular formula is C25H24N4O2S2. The highest BCUT2D eigenvalue weighted by Gasteiger charge is 2.30. The fraction of sp³-hybridized carbons (Fsp3) is 0.240. The number of carbonyl (C=O) groups is 1. The Kier molecular flexibility index (Phi) is 6.46. The quantitative estimate of drug-likeness (QED) is 0.296. The van der Waals surface area contributed by atoms with Crippen LogP contribution in [-0.4, -0.2) is 26.4 Å². The van der Waals surface area contributed by atoms with Crippen molar-refractivity contribution in [1.29, 1.82) is 0 Å². The molecule has 0 saturated heterocycles. The fourth-order valence-corrected chi connectivity index (χ4v) is 5.03. The average Bonchev–Trinajstić information content (AvgIpc) is 3.37. The topological polar surface area (TPSA) is 69.0 Å². The summed E-state index contributed by atoms with van der Waals surface area (Å²) < 4.78 is 8.21. The standard InChI is InChI=1S/C25H24N4O2S2/c1-17-8-12-19(13-9-17)31-22-7-3-2-6-21(22)26-24(30)16-33-25-28-27-23(29(25)18-10-11-18)15-20-5-4-14-32-20/h2-9,12-14,18H,10-11,15-16H2,1H3,(H,26,30). The largest absolute Gasteiger partial charge is 0.455 e. The predicted octanol–water partition coefficient (Wildman–Crippen LogP) is 6.10. The van der Waals surface area contributed by atoms with Crippen LogP contribution in [0.25, 0.3) is 0 Å². The van der Waals surface area contributed by atoms with Gasteiger partial charge in [-0.05, 0) is 55.5 Å². The fourth-order valence-electron chi connectivity index (χ4n) is 3.50. The summed E-state index contributed by atoms with van der Waals surface area (Å²) in [7, 11) is 0. The Hall–Kier alpha value is -3.10. The molecule has 6 nitrogen and oxygen atoms in total. The Morgan fingerprint density at radius 2 is 1.94 bits per heavy atom. The Bertz CT molecular complexity index is 1230. The molecule has 4 aromatic rings. The van der Waals surface area contributed by atoms with Gasteiger partial charge in [0.05, 0.1) is 11.4 Å². The number of thioether (sulfide) groups is 1. The van der Waals surface area contributed by atoms with E-state index in [-0.39, 0.29) is 11.7 Å². The minimum absolute atomic E-state index is 0.106. The number of hydrogen-bond acceptors (Lipinski definition) is 6. The lowest BCUT2D eigenvalue weighted by Gasteiger charge is -2.12. The minimum Gasteiger partial charge on any atom is -0.455 e. The van der Waals surface area contributed by atoms with Crippen molar-refractivity contribution in [3.8, 4) is 11.5 Å². The van der Waals surface area contributed by atoms with E-state index >= 15 is 0 Å². The van der Waals surface area contributed by atoms with Gasteiger partial charge in [0.25, 0.3) is 0 Å². The van der Waals surface area contributed by atoms with Gasteiger partial charge in [0.2, 0.25) is 5.91 Å². The second kappa shape index (κ2) is 9.80. The van der Waals surface area contributed by atoms with Gasteiger partial charge in [0.1, 0.15) is 11.6 Å². The monoisotopic (exact) mass is 476 g/mol. The summed E-state index contributed by atoms with van der Waals surface area (Å²) >= 11 is 3.15. The molecule has 1 N–H and O–H groups in total. The van der Waals surface area contributed by atoms with Gasteiger partial charge >= 0.3 is 0 Å². The first kappa shape index (κ1) is 21.7. The Morgan fingerprint density at radius 3 is 2.70 bits per heavy atom. The summed E-state index contributed by atoms with van der Waals surface area (Å²) in [5.74, 6) is 2.46. The molecule has 2 heterocycles. The van der Waals surface area contributed by atoms with Gasteiger partial charge in [0.15, 0.2) is 10.9 Å². The summed E-state index contributed by atoms with van der Waals surface area (Å²) in [4.78, 5) is 14.0. The number of nitrogens with one attached hydrogen (secondary N) is 1. The van der Waals surface area contributed by atoms with Crippen molar-refractivity contribution in [3.05, 3.63) is 82.3 Å². The van der Waals surface area contributed by atoms with Gasteiger partial charge in [0, 0.05) is 17.3 Å². The van der Waals surface area contributed by atoms with Crippen LogP contribution < -0.4 is 10.1 Å². The Morgan fingerprint density at radius 1 is 1.12 bits per heavy atom. The number of amides is 1. The second-order valence-corrected chi connectivity index (χ2v) is 9.98. The lowest BCUT2D eigenvalue weighted by molar-refractivity contribution is -0.113. The molecule has 1 aliphatic carbocycles. The van der Waals surface area contributed by atoms with Gasteiger partial charge in [-0.1, -0.05) is 47.7 Å². The van der Waals surface area contributed by atoms with E-state index in [0.29, 0.717) is 17.5 Å². The molecule has 8 heteroatoms. The summed E-state index contributed by atoms with van der Waals surface area (Å²) in [6.45, 7) is 2.03. The number of aromatic nitrogens is 3. The van der Waals surface area contributed by atoms with Crippen LogP contribution in [0.15, 0.2) is 71.2 Å². The maximum Gasteiger partial charge on any atom is 0.234 e. The first-order valence-corrected chi connectivity index (χ1v) is 12.7. The lowest BCUT2D eigenvalue weighted by atomic mass is 10.2. The predicted molar refractivity (Wildman–Crippen MR) is 132 cm³/mol. The minimum atomic E-state index is -0.106. The molecule has 0 atom stereocenters. The molecule has 0 bridgehead atoms. The van der Waals surface area contributed by atoms with Gasteiger partial charge in [-0.3, -0.25) is 4.79 Å². The zero-order valence-electron chi connectivity index (χ0n) is 18.2. The van der Waals surface area contributed by atoms with Gasteiger partial charge < -0.3 is 14.6 Å². The van der Waals surface area contributed by atoms with E-state index < -0.39 is 0 Å². The summed E-state index contributed by atoms with van der Waals surface area (Å²) in [6, 6.07) is 19.9. The van der Waals surface area contributed by atoms with Crippen molar-refractivity contribution in [2.45, 2.75) is 37.4 Å². The van der Waals surface area contributed by atoms with Crippen molar-refractivity contribution in [2.24, 2.45) is 0 Å². The third-order valence-corrected chi connectivity index (χ3v) is 7.12. The summed E-state index contributed by atoms with van der Waals surface area (Å²) in [5.41, 5.74) is 1.81. The van der Waals surface area contributed by atoms with Gasteiger partial charge in [-0.2, -0.15) is 0 Å². The van der Waals surface area contributed by atoms with Crippen LogP contribution in [0.1, 0.15) is 35.1 Å². The van der Waals surface area contributed by atoms with E-state index in [1.807, 2.05) is 55.5 Å². The van der Waals surface area contributed by atoms with Crippen LogP contribution in [0.4, 0.5) is 5.69 Å². The molecule has 0 unspecified atom stereocenters. The number of rotatable bonds is 9. The number of ether oxygens (including phenoxy) is 1. The number of hydrogen-bond donors (Lipinski definition) is 1. The molecule has 2 aromatic heterocycles. The van der Waals surface area contributed by atoms with Crippen LogP contribution in [0, 0.1) is 6.92 Å². The van der Waals surface area contributed by atoms with E-state index in [1.165, 1.54) is 22.2 Å². The number of aryl methyl sites for hydroxylation is 1. The zero-order chi connectivity index (χ0) is 22.6. The van der Waals surface area contributed by atoms with Gasteiger partial charge in [-0.15, -0.1) is 21.5 Å². The number of nitrogens with zero attached hydrogens (tertiary/aromatic N) is 3. The number of para-hydroxylation sites is 2. The lowest BCUT2D eigenvalue weighted by Crippen LogP contribution is -2.15. The highest BCUT2D eigenvalue weighted by molar-refractivity contribution is 7.99. The van der Waals surface area contributed by atoms with E-state index in [4.69, 9.17) is 4.74 Å². The molecule has 2 aromatic carbocycles. The molecule has 33 heavy (non-hydrogen) atoms. The number of benzene rings is 2. The van der Waals surface area contributed by atoms with Crippen LogP contribution in [0.2, 0.25) is 0 Å². The number of thiophene rings is 1. The van der Waals surface area contributed by atoms with E-state index in [2.05, 4.69) is 37.6 Å². The molecule has 0 aliphatic heterocycles. The SMILES string of the molecule is Cc1ccc(Oc2ccccc2NC(=O)CSc2nnc(Cc3cccs3)n2C2CC2)cc1. The Balaban J connectivity index is 1.24. The maximum atomic E-state index is 12.8. The molecule has 1 amide bonds. The van der Waals surface area contributed by atoms with E-state index in [1.54, 1.807) is 11.3 Å². The third-order valence-electron chi connectivity index (χ3n) is 5.30. The molecule has 1 aliphatic rings. The number of anilines is 1. The van der Waals surface area contributed by atoms with Crippen LogP contribution in [0.3, 0.4) is 0 Å². The molecule has 1 saturated carbocycles. The summed E-state index contributed by atoms with van der Waals surface area (Å²) in [6.07, 6.45) is 3.05. The zero-order valence-corrected chi connectivity index (χ0v) is 19.9. The maximum absolute atomic E-state index is 12.8. The molecule has 168 valence electrons. The highest BCUT2D eigenvalue weighted by Crippen LogP contribution is 2.39. The van der Waals surface area contributed by atoms with Crippen molar-refractivity contribution >= 4 is 34.7 Å². The van der Waals surface area contributed by atoms with Crippen molar-refractivity contribution in [1.82, 2.24) is 14.8 Å². The molecule has 5 rings (SSSR count). The molecule has 1 fully saturated rings. The third kappa shape index (κ3) is 5.46. The van der Waals surface area contributed by atoms with Crippen molar-refractivity contribution < 1.29 is 9.53 Å². The molecule has 0 radical (unpaired) electrons. The van der Waals surface area contributed by atoms with Crippen molar-refractivity contribution in [3.63, 3.8) is 0 Å². The van der Waals surface area contributed by atoms with Crippen molar-refractivity contribution in [2.75, 3.05) is 11.1 Å². The van der Waals surface area contributed by atoms with Gasteiger partial charge in [-0.25, -0.2) is 0 Å². The number of carbonyl (C=O) groups excluding carboxylic acids is 1. The molecular weight excluding hydrogens is 452 g/mol.